The predicted molar refractivity (Wildman–Crippen MR) is 110 cm³/mol. The minimum Gasteiger partial charge on any atom is -0.459 e. The molecule has 3 aromatic rings. The van der Waals surface area contributed by atoms with Gasteiger partial charge in [0.15, 0.2) is 11.4 Å². The molecule has 1 aliphatic carbocycles. The van der Waals surface area contributed by atoms with E-state index in [1.165, 1.54) is 6.26 Å². The Morgan fingerprint density at radius 1 is 1.20 bits per heavy atom. The Bertz CT molecular complexity index is 1110. The molecule has 5 rings (SSSR count). The van der Waals surface area contributed by atoms with Crippen LogP contribution < -0.4 is 5.32 Å². The molecule has 8 heteroatoms. The van der Waals surface area contributed by atoms with Crippen LogP contribution in [-0.2, 0) is 7.05 Å². The number of hydrogen-bond donors (Lipinski definition) is 1. The fourth-order valence-corrected chi connectivity index (χ4v) is 4.28. The number of aryl methyl sites for hydroxylation is 2. The van der Waals surface area contributed by atoms with Crippen molar-refractivity contribution in [1.29, 1.82) is 0 Å². The van der Waals surface area contributed by atoms with E-state index in [4.69, 9.17) is 9.40 Å². The number of rotatable bonds is 4. The lowest BCUT2D eigenvalue weighted by molar-refractivity contribution is 0.0667. The second kappa shape index (κ2) is 7.27. The Hall–Kier alpha value is -3.16. The van der Waals surface area contributed by atoms with Crippen molar-refractivity contribution in [2.24, 2.45) is 7.05 Å². The van der Waals surface area contributed by atoms with E-state index in [9.17, 15) is 9.59 Å². The Kier molecular flexibility index (Phi) is 4.56. The number of carbonyl (C=O) groups is 2. The minimum absolute atomic E-state index is 0.0303. The highest BCUT2D eigenvalue weighted by Gasteiger charge is 2.30. The number of amides is 2. The Morgan fingerprint density at radius 2 is 1.97 bits per heavy atom. The molecule has 1 N–H and O–H groups in total. The summed E-state index contributed by atoms with van der Waals surface area (Å²) in [6.45, 7) is 3.10. The zero-order valence-electron chi connectivity index (χ0n) is 17.2. The molecule has 30 heavy (non-hydrogen) atoms. The third kappa shape index (κ3) is 3.36. The highest BCUT2D eigenvalue weighted by Crippen LogP contribution is 2.40. The van der Waals surface area contributed by atoms with Gasteiger partial charge in [-0.15, -0.1) is 0 Å². The summed E-state index contributed by atoms with van der Waals surface area (Å²) in [5.41, 5.74) is 3.21. The maximum absolute atomic E-state index is 13.2. The van der Waals surface area contributed by atoms with Gasteiger partial charge in [0.1, 0.15) is 0 Å². The normalized spacial score (nSPS) is 17.5. The number of hydrogen-bond acceptors (Lipinski definition) is 5. The maximum Gasteiger partial charge on any atom is 0.289 e. The average molecular weight is 407 g/mol. The summed E-state index contributed by atoms with van der Waals surface area (Å²) < 4.78 is 6.97. The van der Waals surface area contributed by atoms with E-state index >= 15 is 0 Å². The van der Waals surface area contributed by atoms with Gasteiger partial charge in [0, 0.05) is 37.8 Å². The molecule has 3 aromatic heterocycles. The zero-order chi connectivity index (χ0) is 20.8. The molecule has 2 fully saturated rings. The second-order valence-corrected chi connectivity index (χ2v) is 8.29. The van der Waals surface area contributed by atoms with Crippen LogP contribution in [0.25, 0.3) is 11.0 Å². The molecule has 0 bridgehead atoms. The van der Waals surface area contributed by atoms with E-state index in [0.29, 0.717) is 43.2 Å². The molecule has 1 aliphatic heterocycles. The SMILES string of the molecule is Cc1nn(C)c2nc(C3CC3)cc(C(=O)NC3CCN(C(=O)c4ccco4)CC3)c12. The van der Waals surface area contributed by atoms with Crippen molar-refractivity contribution < 1.29 is 14.0 Å². The molecule has 2 amide bonds. The highest BCUT2D eigenvalue weighted by molar-refractivity contribution is 6.06. The van der Waals surface area contributed by atoms with Crippen LogP contribution in [0.2, 0.25) is 0 Å². The molecule has 0 spiro atoms. The lowest BCUT2D eigenvalue weighted by Crippen LogP contribution is -2.46. The minimum atomic E-state index is -0.0966. The number of piperidine rings is 1. The van der Waals surface area contributed by atoms with E-state index in [1.807, 2.05) is 20.0 Å². The molecule has 1 saturated heterocycles. The van der Waals surface area contributed by atoms with Crippen molar-refractivity contribution in [2.45, 2.75) is 44.6 Å². The fraction of sp³-hybridized carbons (Fsp3) is 0.455. The van der Waals surface area contributed by atoms with Crippen molar-refractivity contribution in [3.05, 3.63) is 47.2 Å². The predicted octanol–water partition coefficient (Wildman–Crippen LogP) is 2.78. The molecular weight excluding hydrogens is 382 g/mol. The molecule has 156 valence electrons. The maximum atomic E-state index is 13.2. The van der Waals surface area contributed by atoms with E-state index in [2.05, 4.69) is 10.4 Å². The van der Waals surface area contributed by atoms with Crippen molar-refractivity contribution in [1.82, 2.24) is 25.0 Å². The monoisotopic (exact) mass is 407 g/mol. The average Bonchev–Trinajstić information content (AvgIpc) is 3.37. The number of aromatic nitrogens is 3. The first-order valence-corrected chi connectivity index (χ1v) is 10.5. The molecule has 0 aromatic carbocycles. The van der Waals surface area contributed by atoms with E-state index in [0.717, 1.165) is 35.3 Å². The molecular formula is C22H25N5O3. The molecule has 8 nitrogen and oxygen atoms in total. The van der Waals surface area contributed by atoms with Gasteiger partial charge in [-0.3, -0.25) is 14.3 Å². The molecule has 4 heterocycles. The van der Waals surface area contributed by atoms with Gasteiger partial charge in [-0.1, -0.05) is 0 Å². The summed E-state index contributed by atoms with van der Waals surface area (Å²) in [4.78, 5) is 32.2. The van der Waals surface area contributed by atoms with Gasteiger partial charge in [-0.25, -0.2) is 4.98 Å². The number of nitrogens with zero attached hydrogens (tertiary/aromatic N) is 4. The summed E-state index contributed by atoms with van der Waals surface area (Å²) in [6, 6.07) is 5.37. The number of nitrogens with one attached hydrogen (secondary N) is 1. The lowest BCUT2D eigenvalue weighted by atomic mass is 10.0. The van der Waals surface area contributed by atoms with Crippen LogP contribution >= 0.6 is 0 Å². The Morgan fingerprint density at radius 3 is 2.63 bits per heavy atom. The summed E-state index contributed by atoms with van der Waals surface area (Å²) in [5.74, 6) is 0.625. The van der Waals surface area contributed by atoms with Crippen molar-refractivity contribution in [2.75, 3.05) is 13.1 Å². The number of carbonyl (C=O) groups excluding carboxylic acids is 2. The van der Waals surface area contributed by atoms with Crippen molar-refractivity contribution in [3.8, 4) is 0 Å². The van der Waals surface area contributed by atoms with Crippen LogP contribution in [0.5, 0.6) is 0 Å². The summed E-state index contributed by atoms with van der Waals surface area (Å²) in [7, 11) is 1.87. The Balaban J connectivity index is 1.31. The van der Waals surface area contributed by atoms with E-state index < -0.39 is 0 Å². The van der Waals surface area contributed by atoms with Crippen LogP contribution in [0.15, 0.2) is 28.9 Å². The fourth-order valence-electron chi connectivity index (χ4n) is 4.28. The number of furan rings is 1. The first kappa shape index (κ1) is 18.8. The molecule has 2 aliphatic rings. The quantitative estimate of drug-likeness (QED) is 0.718. The van der Waals surface area contributed by atoms with E-state index in [1.54, 1.807) is 21.7 Å². The van der Waals surface area contributed by atoms with Gasteiger partial charge in [-0.05, 0) is 50.8 Å². The van der Waals surface area contributed by atoms with Crippen LogP contribution in [0.1, 0.15) is 63.9 Å². The van der Waals surface area contributed by atoms with E-state index in [-0.39, 0.29) is 17.9 Å². The van der Waals surface area contributed by atoms with Crippen LogP contribution in [-0.4, -0.2) is 50.6 Å². The van der Waals surface area contributed by atoms with Crippen LogP contribution in [0.4, 0.5) is 0 Å². The second-order valence-electron chi connectivity index (χ2n) is 8.29. The first-order valence-electron chi connectivity index (χ1n) is 10.5. The Labute approximate surface area is 174 Å². The lowest BCUT2D eigenvalue weighted by Gasteiger charge is -2.32. The third-order valence-electron chi connectivity index (χ3n) is 6.08. The van der Waals surface area contributed by atoms with Gasteiger partial charge in [-0.2, -0.15) is 5.10 Å². The molecule has 1 saturated carbocycles. The zero-order valence-corrected chi connectivity index (χ0v) is 17.2. The van der Waals surface area contributed by atoms with Gasteiger partial charge in [0.05, 0.1) is 22.9 Å². The van der Waals surface area contributed by atoms with Crippen LogP contribution in [0, 0.1) is 6.92 Å². The van der Waals surface area contributed by atoms with Gasteiger partial charge >= 0.3 is 0 Å². The first-order chi connectivity index (χ1) is 14.5. The summed E-state index contributed by atoms with van der Waals surface area (Å²) in [5, 5.41) is 8.48. The topological polar surface area (TPSA) is 93.3 Å². The standard InChI is InChI=1S/C22H25N5O3/c1-13-19-16(12-17(14-5-6-14)24-20(19)26(2)25-13)21(28)23-15-7-9-27(10-8-15)22(29)18-4-3-11-30-18/h3-4,11-12,14-15H,5-10H2,1-2H3,(H,23,28). The van der Waals surface area contributed by atoms with Gasteiger partial charge < -0.3 is 14.6 Å². The number of fused-ring (bicyclic) bond motifs is 1. The van der Waals surface area contributed by atoms with Gasteiger partial charge in [0.2, 0.25) is 0 Å². The van der Waals surface area contributed by atoms with Crippen molar-refractivity contribution >= 4 is 22.8 Å². The molecule has 0 unspecified atom stereocenters. The van der Waals surface area contributed by atoms with Crippen molar-refractivity contribution in [3.63, 3.8) is 0 Å². The highest BCUT2D eigenvalue weighted by atomic mass is 16.3. The number of pyridine rings is 1. The number of likely N-dealkylation sites (tertiary alicyclic amines) is 1. The largest absolute Gasteiger partial charge is 0.459 e. The smallest absolute Gasteiger partial charge is 0.289 e. The summed E-state index contributed by atoms with van der Waals surface area (Å²) >= 11 is 0. The third-order valence-corrected chi connectivity index (χ3v) is 6.08. The van der Waals surface area contributed by atoms with Crippen LogP contribution in [0.3, 0.4) is 0 Å². The molecule has 0 radical (unpaired) electrons. The molecule has 0 atom stereocenters. The van der Waals surface area contributed by atoms with Gasteiger partial charge in [0.25, 0.3) is 11.8 Å². The summed E-state index contributed by atoms with van der Waals surface area (Å²) in [6.07, 6.45) is 5.19.